The van der Waals surface area contributed by atoms with Crippen LogP contribution in [0.3, 0.4) is 0 Å². The molecule has 0 radical (unpaired) electrons. The Kier molecular flexibility index (Phi) is 2.23. The molecule has 2 heteroatoms. The molecule has 0 aliphatic carbocycles. The Morgan fingerprint density at radius 3 is 3.00 bits per heavy atom. The van der Waals surface area contributed by atoms with Crippen molar-refractivity contribution in [3.05, 3.63) is 30.1 Å². The zero-order chi connectivity index (χ0) is 9.26. The van der Waals surface area contributed by atoms with Gasteiger partial charge < -0.3 is 9.88 Å². The van der Waals surface area contributed by atoms with E-state index in [9.17, 15) is 0 Å². The highest BCUT2D eigenvalue weighted by Gasteiger charge is 2.11. The van der Waals surface area contributed by atoms with E-state index < -0.39 is 0 Å². The number of aromatic nitrogens is 1. The summed E-state index contributed by atoms with van der Waals surface area (Å²) in [4.78, 5) is 0. The van der Waals surface area contributed by atoms with Gasteiger partial charge in [0.05, 0.1) is 0 Å². The van der Waals surface area contributed by atoms with E-state index in [1.807, 2.05) is 0 Å². The molecule has 0 amide bonds. The number of rotatable bonds is 1. The first-order valence-electron chi connectivity index (χ1n) is 4.80. The Labute approximate surface area is 79.3 Å². The predicted octanol–water partition coefficient (Wildman–Crippen LogP) is 1.65. The van der Waals surface area contributed by atoms with Gasteiger partial charge in [-0.2, -0.15) is 0 Å². The summed E-state index contributed by atoms with van der Waals surface area (Å²) in [7, 11) is 2.09. The average Bonchev–Trinajstić information content (AvgIpc) is 2.51. The van der Waals surface area contributed by atoms with Crippen LogP contribution in [0, 0.1) is 5.92 Å². The van der Waals surface area contributed by atoms with Crippen LogP contribution >= 0.6 is 0 Å². The lowest BCUT2D eigenvalue weighted by atomic mass is 10.0. The van der Waals surface area contributed by atoms with E-state index in [1.54, 1.807) is 0 Å². The van der Waals surface area contributed by atoms with Gasteiger partial charge in [0.25, 0.3) is 0 Å². The highest BCUT2D eigenvalue weighted by atomic mass is 14.9. The van der Waals surface area contributed by atoms with Gasteiger partial charge in [0.2, 0.25) is 0 Å². The highest BCUT2D eigenvalue weighted by Crippen LogP contribution is 2.18. The van der Waals surface area contributed by atoms with Crippen molar-refractivity contribution >= 4 is 5.57 Å². The molecule has 2 rings (SSSR count). The smallest absolute Gasteiger partial charge is 0.0446 e. The molecule has 1 aromatic heterocycles. The molecule has 0 spiro atoms. The summed E-state index contributed by atoms with van der Waals surface area (Å²) >= 11 is 0. The van der Waals surface area contributed by atoms with E-state index in [4.69, 9.17) is 0 Å². The second-order valence-electron chi connectivity index (χ2n) is 3.80. The van der Waals surface area contributed by atoms with Gasteiger partial charge in [-0.3, -0.25) is 0 Å². The van der Waals surface area contributed by atoms with Gasteiger partial charge in [-0.25, -0.2) is 0 Å². The van der Waals surface area contributed by atoms with Crippen LogP contribution in [0.5, 0.6) is 0 Å². The lowest BCUT2D eigenvalue weighted by Crippen LogP contribution is -2.27. The minimum Gasteiger partial charge on any atom is -0.351 e. The zero-order valence-corrected chi connectivity index (χ0v) is 8.25. The van der Waals surface area contributed by atoms with Crippen LogP contribution in [0.1, 0.15) is 12.6 Å². The van der Waals surface area contributed by atoms with Crippen LogP contribution < -0.4 is 5.32 Å². The highest BCUT2D eigenvalue weighted by molar-refractivity contribution is 5.65. The Hall–Kier alpha value is -1.02. The Morgan fingerprint density at radius 1 is 1.54 bits per heavy atom. The van der Waals surface area contributed by atoms with Gasteiger partial charge in [-0.05, 0) is 23.6 Å². The standard InChI is InChI=1S/C11H16N2/c1-9-6-10(8-12-7-9)11-4-3-5-13(11)2/h3-6,9,12H,7-8H2,1-2H3. The molecule has 2 heterocycles. The molecule has 1 aliphatic rings. The maximum absolute atomic E-state index is 3.42. The van der Waals surface area contributed by atoms with Crippen molar-refractivity contribution in [2.24, 2.45) is 13.0 Å². The molecule has 1 atom stereocenters. The molecule has 2 nitrogen and oxygen atoms in total. The van der Waals surface area contributed by atoms with Crippen molar-refractivity contribution in [3.63, 3.8) is 0 Å². The summed E-state index contributed by atoms with van der Waals surface area (Å²) in [5, 5.41) is 3.42. The molecular weight excluding hydrogens is 160 g/mol. The molecule has 0 bridgehead atoms. The minimum atomic E-state index is 0.652. The first-order valence-corrected chi connectivity index (χ1v) is 4.80. The van der Waals surface area contributed by atoms with Gasteiger partial charge in [0.1, 0.15) is 0 Å². The van der Waals surface area contributed by atoms with Crippen molar-refractivity contribution in [2.75, 3.05) is 13.1 Å². The van der Waals surface area contributed by atoms with Gasteiger partial charge in [0, 0.05) is 32.0 Å². The fourth-order valence-corrected chi connectivity index (χ4v) is 1.87. The maximum Gasteiger partial charge on any atom is 0.0446 e. The molecule has 70 valence electrons. The van der Waals surface area contributed by atoms with Crippen LogP contribution in [0.25, 0.3) is 5.57 Å². The zero-order valence-electron chi connectivity index (χ0n) is 8.25. The van der Waals surface area contributed by atoms with E-state index in [0.29, 0.717) is 5.92 Å². The van der Waals surface area contributed by atoms with Crippen LogP contribution in [-0.4, -0.2) is 17.7 Å². The second-order valence-corrected chi connectivity index (χ2v) is 3.80. The molecule has 0 saturated carbocycles. The minimum absolute atomic E-state index is 0.652. The van der Waals surface area contributed by atoms with Crippen molar-refractivity contribution in [3.8, 4) is 0 Å². The van der Waals surface area contributed by atoms with E-state index in [1.165, 1.54) is 11.3 Å². The Bertz CT molecular complexity index is 323. The van der Waals surface area contributed by atoms with Gasteiger partial charge in [0.15, 0.2) is 0 Å². The van der Waals surface area contributed by atoms with Crippen molar-refractivity contribution in [2.45, 2.75) is 6.92 Å². The van der Waals surface area contributed by atoms with Crippen LogP contribution in [-0.2, 0) is 7.05 Å². The van der Waals surface area contributed by atoms with Gasteiger partial charge in [-0.15, -0.1) is 0 Å². The van der Waals surface area contributed by atoms with E-state index in [0.717, 1.165) is 13.1 Å². The summed E-state index contributed by atoms with van der Waals surface area (Å²) in [6.45, 7) is 4.35. The number of nitrogens with zero attached hydrogens (tertiary/aromatic N) is 1. The number of aryl methyl sites for hydroxylation is 1. The Balaban J connectivity index is 2.30. The van der Waals surface area contributed by atoms with E-state index in [-0.39, 0.29) is 0 Å². The molecule has 0 fully saturated rings. The third-order valence-electron chi connectivity index (χ3n) is 2.54. The molecule has 1 N–H and O–H groups in total. The summed E-state index contributed by atoms with van der Waals surface area (Å²) < 4.78 is 2.17. The third-order valence-corrected chi connectivity index (χ3v) is 2.54. The Morgan fingerprint density at radius 2 is 2.38 bits per heavy atom. The first kappa shape index (κ1) is 8.57. The number of hydrogen-bond acceptors (Lipinski definition) is 1. The van der Waals surface area contributed by atoms with Gasteiger partial charge >= 0.3 is 0 Å². The summed E-state index contributed by atoms with van der Waals surface area (Å²) in [5.41, 5.74) is 2.75. The van der Waals surface area contributed by atoms with Gasteiger partial charge in [-0.1, -0.05) is 13.0 Å². The molecule has 0 saturated heterocycles. The van der Waals surface area contributed by atoms with E-state index >= 15 is 0 Å². The predicted molar refractivity (Wildman–Crippen MR) is 55.4 cm³/mol. The fourth-order valence-electron chi connectivity index (χ4n) is 1.87. The molecule has 1 aliphatic heterocycles. The van der Waals surface area contributed by atoms with Crippen LogP contribution in [0.4, 0.5) is 0 Å². The van der Waals surface area contributed by atoms with Crippen LogP contribution in [0.2, 0.25) is 0 Å². The lowest BCUT2D eigenvalue weighted by molar-refractivity contribution is 0.605. The molecule has 0 aromatic carbocycles. The maximum atomic E-state index is 3.42. The topological polar surface area (TPSA) is 17.0 Å². The van der Waals surface area contributed by atoms with Crippen LogP contribution in [0.15, 0.2) is 24.4 Å². The molecule has 1 aromatic rings. The normalized spacial score (nSPS) is 22.9. The summed E-state index contributed by atoms with van der Waals surface area (Å²) in [6.07, 6.45) is 4.46. The van der Waals surface area contributed by atoms with Crippen molar-refractivity contribution < 1.29 is 0 Å². The average molecular weight is 176 g/mol. The number of hydrogen-bond donors (Lipinski definition) is 1. The largest absolute Gasteiger partial charge is 0.351 e. The van der Waals surface area contributed by atoms with E-state index in [2.05, 4.69) is 48.3 Å². The summed E-state index contributed by atoms with van der Waals surface area (Å²) in [5.74, 6) is 0.652. The molecule has 1 unspecified atom stereocenters. The number of nitrogens with one attached hydrogen (secondary N) is 1. The summed E-state index contributed by atoms with van der Waals surface area (Å²) in [6, 6.07) is 4.26. The molecule has 13 heavy (non-hydrogen) atoms. The second kappa shape index (κ2) is 3.38. The third kappa shape index (κ3) is 1.68. The first-order chi connectivity index (χ1) is 6.27. The van der Waals surface area contributed by atoms with Crippen molar-refractivity contribution in [1.82, 2.24) is 9.88 Å². The SMILES string of the molecule is CC1C=C(c2cccn2C)CNC1. The lowest BCUT2D eigenvalue weighted by Gasteiger charge is -2.19. The quantitative estimate of drug-likeness (QED) is 0.688. The van der Waals surface area contributed by atoms with Crippen molar-refractivity contribution in [1.29, 1.82) is 0 Å². The fraction of sp³-hybridized carbons (Fsp3) is 0.455. The molecular formula is C11H16N2. The monoisotopic (exact) mass is 176 g/mol.